The van der Waals surface area contributed by atoms with Gasteiger partial charge in [-0.3, -0.25) is 4.98 Å². The highest BCUT2D eigenvalue weighted by Gasteiger charge is 2.21. The van der Waals surface area contributed by atoms with Crippen LogP contribution in [0.4, 0.5) is 0 Å². The van der Waals surface area contributed by atoms with Gasteiger partial charge in [-0.25, -0.2) is 13.1 Å². The number of nitrogens with two attached hydrogens (primary N) is 1. The van der Waals surface area contributed by atoms with Crippen LogP contribution in [0.3, 0.4) is 0 Å². The van der Waals surface area contributed by atoms with E-state index in [1.807, 2.05) is 17.6 Å². The molecule has 1 atom stereocenters. The van der Waals surface area contributed by atoms with Crippen molar-refractivity contribution in [1.29, 1.82) is 0 Å². The van der Waals surface area contributed by atoms with Gasteiger partial charge in [0.25, 0.3) is 0 Å². The van der Waals surface area contributed by atoms with Gasteiger partial charge in [0, 0.05) is 43.4 Å². The SMILES string of the molecule is CCn1cc(S(=O)(=O)NC(C)c2cccnc2)cc1CN. The van der Waals surface area contributed by atoms with E-state index in [1.165, 1.54) is 0 Å². The highest BCUT2D eigenvalue weighted by Crippen LogP contribution is 2.18. The number of pyridine rings is 1. The van der Waals surface area contributed by atoms with Crippen molar-refractivity contribution in [2.75, 3.05) is 0 Å². The van der Waals surface area contributed by atoms with Gasteiger partial charge in [0.1, 0.15) is 0 Å². The maximum absolute atomic E-state index is 12.4. The first-order chi connectivity index (χ1) is 9.97. The topological polar surface area (TPSA) is 90.0 Å². The molecule has 21 heavy (non-hydrogen) atoms. The Morgan fingerprint density at radius 3 is 2.76 bits per heavy atom. The maximum Gasteiger partial charge on any atom is 0.242 e. The Labute approximate surface area is 125 Å². The van der Waals surface area contributed by atoms with Gasteiger partial charge in [0.2, 0.25) is 10.0 Å². The van der Waals surface area contributed by atoms with E-state index in [2.05, 4.69) is 9.71 Å². The molecule has 0 aromatic carbocycles. The molecule has 1 unspecified atom stereocenters. The molecule has 114 valence electrons. The predicted octanol–water partition coefficient (Wildman–Crippen LogP) is 1.40. The monoisotopic (exact) mass is 308 g/mol. The molecular weight excluding hydrogens is 288 g/mol. The molecule has 0 aliphatic rings. The standard InChI is InChI=1S/C14H20N4O2S/c1-3-18-10-14(7-13(18)8-15)21(19,20)17-11(2)12-5-4-6-16-9-12/h4-7,9-11,17H,3,8,15H2,1-2H3. The fourth-order valence-electron chi connectivity index (χ4n) is 2.14. The normalized spacial score (nSPS) is 13.3. The third-order valence-electron chi connectivity index (χ3n) is 3.34. The number of aryl methyl sites for hydroxylation is 1. The Kier molecular flexibility index (Phi) is 4.76. The van der Waals surface area contributed by atoms with Crippen LogP contribution in [0.25, 0.3) is 0 Å². The lowest BCUT2D eigenvalue weighted by Crippen LogP contribution is -2.26. The Balaban J connectivity index is 2.24. The van der Waals surface area contributed by atoms with Crippen LogP contribution in [-0.4, -0.2) is 18.0 Å². The van der Waals surface area contributed by atoms with Crippen LogP contribution in [0.1, 0.15) is 31.1 Å². The number of aromatic nitrogens is 2. The van der Waals surface area contributed by atoms with Gasteiger partial charge in [-0.2, -0.15) is 0 Å². The second kappa shape index (κ2) is 6.38. The average molecular weight is 308 g/mol. The summed E-state index contributed by atoms with van der Waals surface area (Å²) in [5, 5.41) is 0. The zero-order valence-electron chi connectivity index (χ0n) is 12.2. The fourth-order valence-corrected chi connectivity index (χ4v) is 3.43. The summed E-state index contributed by atoms with van der Waals surface area (Å²) in [7, 11) is -3.58. The lowest BCUT2D eigenvalue weighted by atomic mass is 10.2. The van der Waals surface area contributed by atoms with Crippen molar-refractivity contribution in [1.82, 2.24) is 14.3 Å². The number of rotatable bonds is 6. The minimum Gasteiger partial charge on any atom is -0.349 e. The van der Waals surface area contributed by atoms with Crippen molar-refractivity contribution in [3.05, 3.63) is 48.0 Å². The van der Waals surface area contributed by atoms with Crippen LogP contribution >= 0.6 is 0 Å². The highest BCUT2D eigenvalue weighted by molar-refractivity contribution is 7.89. The molecule has 2 aromatic heterocycles. The first-order valence-electron chi connectivity index (χ1n) is 6.79. The molecule has 0 saturated carbocycles. The van der Waals surface area contributed by atoms with Crippen LogP contribution in [0.5, 0.6) is 0 Å². The van der Waals surface area contributed by atoms with Gasteiger partial charge in [0.15, 0.2) is 0 Å². The van der Waals surface area contributed by atoms with Crippen molar-refractivity contribution >= 4 is 10.0 Å². The summed E-state index contributed by atoms with van der Waals surface area (Å²) in [5.41, 5.74) is 7.24. The molecule has 3 N–H and O–H groups in total. The fraction of sp³-hybridized carbons (Fsp3) is 0.357. The number of hydrogen-bond acceptors (Lipinski definition) is 4. The molecule has 0 saturated heterocycles. The molecule has 0 aliphatic carbocycles. The van der Waals surface area contributed by atoms with E-state index in [4.69, 9.17) is 5.73 Å². The van der Waals surface area contributed by atoms with Crippen molar-refractivity contribution < 1.29 is 8.42 Å². The third kappa shape index (κ3) is 3.49. The number of nitrogens with one attached hydrogen (secondary N) is 1. The van der Waals surface area contributed by atoms with Gasteiger partial charge in [-0.1, -0.05) is 6.07 Å². The molecular formula is C14H20N4O2S. The molecule has 0 aliphatic heterocycles. The van der Waals surface area contributed by atoms with Gasteiger partial charge in [-0.15, -0.1) is 0 Å². The Bertz CT molecular complexity index is 674. The molecule has 7 heteroatoms. The van der Waals surface area contributed by atoms with Gasteiger partial charge >= 0.3 is 0 Å². The van der Waals surface area contributed by atoms with E-state index < -0.39 is 10.0 Å². The summed E-state index contributed by atoms with van der Waals surface area (Å²) in [6, 6.07) is 4.88. The van der Waals surface area contributed by atoms with Crippen molar-refractivity contribution in [2.45, 2.75) is 37.9 Å². The molecule has 2 aromatic rings. The molecule has 0 amide bonds. The van der Waals surface area contributed by atoms with Gasteiger partial charge in [-0.05, 0) is 31.5 Å². The van der Waals surface area contributed by atoms with Crippen LogP contribution in [0.15, 0.2) is 41.7 Å². The molecule has 0 fully saturated rings. The average Bonchev–Trinajstić information content (AvgIpc) is 2.92. The third-order valence-corrected chi connectivity index (χ3v) is 4.85. The van der Waals surface area contributed by atoms with Gasteiger partial charge in [0.05, 0.1) is 4.90 Å². The first-order valence-corrected chi connectivity index (χ1v) is 8.27. The molecule has 0 bridgehead atoms. The quantitative estimate of drug-likeness (QED) is 0.844. The number of hydrogen-bond donors (Lipinski definition) is 2. The molecule has 6 nitrogen and oxygen atoms in total. The Hall–Kier alpha value is -1.70. The summed E-state index contributed by atoms with van der Waals surface area (Å²) in [6.07, 6.45) is 4.91. The molecule has 0 spiro atoms. The summed E-state index contributed by atoms with van der Waals surface area (Å²) in [5.74, 6) is 0. The molecule has 0 radical (unpaired) electrons. The van der Waals surface area contributed by atoms with Crippen LogP contribution in [0.2, 0.25) is 0 Å². The van der Waals surface area contributed by atoms with E-state index in [0.29, 0.717) is 13.1 Å². The number of sulfonamides is 1. The van der Waals surface area contributed by atoms with E-state index in [1.54, 1.807) is 37.6 Å². The lowest BCUT2D eigenvalue weighted by Gasteiger charge is -2.13. The van der Waals surface area contributed by atoms with Crippen molar-refractivity contribution in [3.8, 4) is 0 Å². The summed E-state index contributed by atoms with van der Waals surface area (Å²) >= 11 is 0. The minimum absolute atomic E-state index is 0.237. The molecule has 2 heterocycles. The maximum atomic E-state index is 12.4. The smallest absolute Gasteiger partial charge is 0.242 e. The van der Waals surface area contributed by atoms with E-state index in [-0.39, 0.29) is 10.9 Å². The van der Waals surface area contributed by atoms with E-state index in [9.17, 15) is 8.42 Å². The lowest BCUT2D eigenvalue weighted by molar-refractivity contribution is 0.566. The largest absolute Gasteiger partial charge is 0.349 e. The predicted molar refractivity (Wildman–Crippen MR) is 81.0 cm³/mol. The first kappa shape index (κ1) is 15.7. The van der Waals surface area contributed by atoms with E-state index in [0.717, 1.165) is 11.3 Å². The van der Waals surface area contributed by atoms with Crippen LogP contribution in [0, 0.1) is 0 Å². The Morgan fingerprint density at radius 1 is 1.48 bits per heavy atom. The highest BCUT2D eigenvalue weighted by atomic mass is 32.2. The minimum atomic E-state index is -3.58. The summed E-state index contributed by atoms with van der Waals surface area (Å²) in [4.78, 5) is 4.23. The zero-order valence-corrected chi connectivity index (χ0v) is 13.0. The van der Waals surface area contributed by atoms with Crippen LogP contribution in [-0.2, 0) is 23.1 Å². The second-order valence-electron chi connectivity index (χ2n) is 4.79. The number of nitrogens with zero attached hydrogens (tertiary/aromatic N) is 2. The second-order valence-corrected chi connectivity index (χ2v) is 6.50. The van der Waals surface area contributed by atoms with Crippen molar-refractivity contribution in [2.24, 2.45) is 5.73 Å². The van der Waals surface area contributed by atoms with Crippen molar-refractivity contribution in [3.63, 3.8) is 0 Å². The summed E-state index contributed by atoms with van der Waals surface area (Å²) < 4.78 is 29.3. The van der Waals surface area contributed by atoms with E-state index >= 15 is 0 Å². The van der Waals surface area contributed by atoms with Gasteiger partial charge < -0.3 is 10.3 Å². The molecule has 2 rings (SSSR count). The zero-order chi connectivity index (χ0) is 15.5. The van der Waals surface area contributed by atoms with Crippen LogP contribution < -0.4 is 10.5 Å². The summed E-state index contributed by atoms with van der Waals surface area (Å²) in [6.45, 7) is 4.72. The Morgan fingerprint density at radius 2 is 2.24 bits per heavy atom.